The average molecular weight is 355 g/mol. The van der Waals surface area contributed by atoms with E-state index in [2.05, 4.69) is 5.32 Å². The number of hydrogen-bond acceptors (Lipinski definition) is 1. The summed E-state index contributed by atoms with van der Waals surface area (Å²) >= 11 is 30.0. The van der Waals surface area contributed by atoms with Gasteiger partial charge < -0.3 is 5.32 Å². The molecule has 0 saturated carbocycles. The summed E-state index contributed by atoms with van der Waals surface area (Å²) < 4.78 is 0. The van der Waals surface area contributed by atoms with Gasteiger partial charge in [-0.2, -0.15) is 0 Å². The summed E-state index contributed by atoms with van der Waals surface area (Å²) in [4.78, 5) is 0. The van der Waals surface area contributed by atoms with Gasteiger partial charge in [-0.1, -0.05) is 58.0 Å². The summed E-state index contributed by atoms with van der Waals surface area (Å²) in [6.07, 6.45) is 0. The molecule has 2 aromatic carbocycles. The molecule has 19 heavy (non-hydrogen) atoms. The summed E-state index contributed by atoms with van der Waals surface area (Å²) in [7, 11) is 0. The highest BCUT2D eigenvalue weighted by Crippen LogP contribution is 2.32. The SMILES string of the molecule is Clc1cc(Cl)cc(NCc2c(Cl)ccc(Cl)c2Cl)c1. The van der Waals surface area contributed by atoms with Crippen LogP contribution in [0, 0.1) is 0 Å². The first-order valence-electron chi connectivity index (χ1n) is 5.29. The van der Waals surface area contributed by atoms with Crippen LogP contribution in [0.15, 0.2) is 30.3 Å². The molecule has 2 rings (SSSR count). The third-order valence-electron chi connectivity index (χ3n) is 2.47. The van der Waals surface area contributed by atoms with E-state index < -0.39 is 0 Å². The molecule has 2 aromatic rings. The fourth-order valence-electron chi connectivity index (χ4n) is 1.58. The van der Waals surface area contributed by atoms with Gasteiger partial charge in [-0.15, -0.1) is 0 Å². The second-order valence-corrected chi connectivity index (χ2v) is 5.90. The predicted molar refractivity (Wildman–Crippen MR) is 85.3 cm³/mol. The van der Waals surface area contributed by atoms with E-state index in [0.717, 1.165) is 11.3 Å². The molecule has 1 nitrogen and oxygen atoms in total. The fraction of sp³-hybridized carbons (Fsp3) is 0.0769. The van der Waals surface area contributed by atoms with Gasteiger partial charge in [0.25, 0.3) is 0 Å². The standard InChI is InChI=1S/C13H8Cl5N/c14-7-3-8(15)5-9(4-7)19-6-10-11(16)1-2-12(17)13(10)18/h1-5,19H,6H2. The van der Waals surface area contributed by atoms with E-state index >= 15 is 0 Å². The maximum atomic E-state index is 6.12. The number of benzene rings is 2. The fourth-order valence-corrected chi connectivity index (χ4v) is 2.78. The zero-order valence-electron chi connectivity index (χ0n) is 9.48. The van der Waals surface area contributed by atoms with Crippen LogP contribution in [-0.2, 0) is 6.54 Å². The van der Waals surface area contributed by atoms with Crippen molar-refractivity contribution in [3.63, 3.8) is 0 Å². The molecule has 0 aliphatic rings. The quantitative estimate of drug-likeness (QED) is 0.614. The smallest absolute Gasteiger partial charge is 0.0657 e. The minimum atomic E-state index is 0.425. The molecule has 0 unspecified atom stereocenters. The van der Waals surface area contributed by atoms with E-state index in [1.165, 1.54) is 0 Å². The van der Waals surface area contributed by atoms with Crippen LogP contribution in [0.1, 0.15) is 5.56 Å². The van der Waals surface area contributed by atoms with Gasteiger partial charge in [-0.25, -0.2) is 0 Å². The van der Waals surface area contributed by atoms with Crippen LogP contribution in [0.5, 0.6) is 0 Å². The van der Waals surface area contributed by atoms with Gasteiger partial charge in [0.1, 0.15) is 0 Å². The molecule has 0 saturated heterocycles. The normalized spacial score (nSPS) is 10.6. The Morgan fingerprint density at radius 3 is 2.00 bits per heavy atom. The summed E-state index contributed by atoms with van der Waals surface area (Å²) in [5, 5.41) is 5.72. The first kappa shape index (κ1) is 15.1. The number of halogens is 5. The monoisotopic (exact) mass is 353 g/mol. The second kappa shape index (κ2) is 6.43. The summed E-state index contributed by atoms with van der Waals surface area (Å²) in [6.45, 7) is 0.425. The molecule has 0 bridgehead atoms. The Hall–Kier alpha value is -0.310. The predicted octanol–water partition coefficient (Wildman–Crippen LogP) is 6.57. The van der Waals surface area contributed by atoms with Gasteiger partial charge in [-0.05, 0) is 30.3 Å². The van der Waals surface area contributed by atoms with Gasteiger partial charge in [0, 0.05) is 32.9 Å². The largest absolute Gasteiger partial charge is 0.381 e. The van der Waals surface area contributed by atoms with Crippen molar-refractivity contribution in [2.75, 3.05) is 5.32 Å². The Morgan fingerprint density at radius 1 is 0.789 bits per heavy atom. The highest BCUT2D eigenvalue weighted by Gasteiger charge is 2.09. The highest BCUT2D eigenvalue weighted by atomic mass is 35.5. The van der Waals surface area contributed by atoms with Gasteiger partial charge in [0.05, 0.1) is 10.0 Å². The topological polar surface area (TPSA) is 12.0 Å². The first-order chi connectivity index (χ1) is 8.97. The van der Waals surface area contributed by atoms with Gasteiger partial charge in [-0.3, -0.25) is 0 Å². The number of rotatable bonds is 3. The molecule has 0 heterocycles. The Kier molecular flexibility index (Phi) is 5.10. The van der Waals surface area contributed by atoms with E-state index in [-0.39, 0.29) is 0 Å². The van der Waals surface area contributed by atoms with Crippen molar-refractivity contribution in [3.8, 4) is 0 Å². The molecule has 0 radical (unpaired) electrons. The van der Waals surface area contributed by atoms with Crippen molar-refractivity contribution >= 4 is 63.7 Å². The minimum absolute atomic E-state index is 0.425. The summed E-state index contributed by atoms with van der Waals surface area (Å²) in [6, 6.07) is 8.55. The van der Waals surface area contributed by atoms with Crippen LogP contribution in [-0.4, -0.2) is 0 Å². The second-order valence-electron chi connectivity index (χ2n) is 3.83. The molecule has 0 aliphatic carbocycles. The maximum absolute atomic E-state index is 6.12. The molecule has 100 valence electrons. The zero-order chi connectivity index (χ0) is 14.0. The molecule has 0 aromatic heterocycles. The van der Waals surface area contributed by atoms with Crippen molar-refractivity contribution in [1.29, 1.82) is 0 Å². The maximum Gasteiger partial charge on any atom is 0.0657 e. The van der Waals surface area contributed by atoms with E-state index in [4.69, 9.17) is 58.0 Å². The number of anilines is 1. The number of hydrogen-bond donors (Lipinski definition) is 1. The van der Waals surface area contributed by atoms with Crippen LogP contribution < -0.4 is 5.32 Å². The zero-order valence-corrected chi connectivity index (χ0v) is 13.3. The van der Waals surface area contributed by atoms with Crippen LogP contribution in [0.2, 0.25) is 25.1 Å². The lowest BCUT2D eigenvalue weighted by atomic mass is 10.2. The van der Waals surface area contributed by atoms with Crippen molar-refractivity contribution in [3.05, 3.63) is 61.0 Å². The molecule has 0 atom stereocenters. The molecular formula is C13H8Cl5N. The van der Waals surface area contributed by atoms with E-state index in [1.54, 1.807) is 30.3 Å². The van der Waals surface area contributed by atoms with Crippen molar-refractivity contribution in [2.24, 2.45) is 0 Å². The van der Waals surface area contributed by atoms with Gasteiger partial charge in [0.2, 0.25) is 0 Å². The summed E-state index contributed by atoms with van der Waals surface area (Å²) in [5.41, 5.74) is 1.51. The van der Waals surface area contributed by atoms with Crippen molar-refractivity contribution < 1.29 is 0 Å². The van der Waals surface area contributed by atoms with Crippen LogP contribution in [0.4, 0.5) is 5.69 Å². The van der Waals surface area contributed by atoms with Crippen molar-refractivity contribution in [2.45, 2.75) is 6.54 Å². The Labute approximate surface area is 136 Å². The van der Waals surface area contributed by atoms with Crippen molar-refractivity contribution in [1.82, 2.24) is 0 Å². The number of nitrogens with one attached hydrogen (secondary N) is 1. The molecule has 0 aliphatic heterocycles. The highest BCUT2D eigenvalue weighted by molar-refractivity contribution is 6.44. The lowest BCUT2D eigenvalue weighted by Crippen LogP contribution is -2.01. The molecule has 0 spiro atoms. The molecule has 6 heteroatoms. The first-order valence-corrected chi connectivity index (χ1v) is 7.18. The molecule has 1 N–H and O–H groups in total. The Bertz CT molecular complexity index is 592. The molecule has 0 amide bonds. The summed E-state index contributed by atoms with van der Waals surface area (Å²) in [5.74, 6) is 0. The third-order valence-corrected chi connectivity index (χ3v) is 4.10. The van der Waals surface area contributed by atoms with Crippen LogP contribution in [0.25, 0.3) is 0 Å². The van der Waals surface area contributed by atoms with E-state index in [9.17, 15) is 0 Å². The lowest BCUT2D eigenvalue weighted by molar-refractivity contribution is 1.15. The van der Waals surface area contributed by atoms with E-state index in [1.807, 2.05) is 0 Å². The van der Waals surface area contributed by atoms with Gasteiger partial charge >= 0.3 is 0 Å². The Balaban J connectivity index is 2.21. The van der Waals surface area contributed by atoms with Crippen LogP contribution >= 0.6 is 58.0 Å². The minimum Gasteiger partial charge on any atom is -0.381 e. The lowest BCUT2D eigenvalue weighted by Gasteiger charge is -2.11. The van der Waals surface area contributed by atoms with E-state index in [0.29, 0.717) is 31.7 Å². The van der Waals surface area contributed by atoms with Crippen LogP contribution in [0.3, 0.4) is 0 Å². The Morgan fingerprint density at radius 2 is 1.37 bits per heavy atom. The third kappa shape index (κ3) is 3.84. The average Bonchev–Trinajstić information content (AvgIpc) is 2.33. The van der Waals surface area contributed by atoms with Gasteiger partial charge in [0.15, 0.2) is 0 Å². The molecule has 0 fully saturated rings. The molecular weight excluding hydrogens is 347 g/mol.